The molecule has 0 spiro atoms. The number of hydrogen-bond acceptors (Lipinski definition) is 5. The summed E-state index contributed by atoms with van der Waals surface area (Å²) in [7, 11) is 1.63. The van der Waals surface area contributed by atoms with Crippen LogP contribution in [0.15, 0.2) is 48.6 Å². The van der Waals surface area contributed by atoms with Crippen molar-refractivity contribution in [3.8, 4) is 0 Å². The van der Waals surface area contributed by atoms with Crippen LogP contribution < -0.4 is 5.32 Å². The lowest BCUT2D eigenvalue weighted by Gasteiger charge is -2.26. The Labute approximate surface area is 454 Å². The van der Waals surface area contributed by atoms with Gasteiger partial charge in [-0.2, -0.15) is 0 Å². The van der Waals surface area contributed by atoms with E-state index in [9.17, 15) is 19.4 Å². The molecule has 0 aromatic carbocycles. The Hall–Kier alpha value is -1.54. The fourth-order valence-corrected chi connectivity index (χ4v) is 10.2. The SMILES string of the molecule is CC/C=C\C/C=C\C/C=C\C/C=C\CCCCCCCCCCCCCCCCCCCCCCCCC(=O)NC(COP(=O)(O)OCC[N+](C)(C)C)C(O)CCCCCCCCCCCCCCCCCC. The van der Waals surface area contributed by atoms with E-state index in [1.165, 1.54) is 212 Å². The lowest BCUT2D eigenvalue weighted by molar-refractivity contribution is -0.870. The Morgan fingerprint density at radius 3 is 1.21 bits per heavy atom. The molecule has 8 nitrogen and oxygen atoms in total. The monoisotopic (exact) mass is 1050 g/mol. The first-order valence-electron chi connectivity index (χ1n) is 31.5. The highest BCUT2D eigenvalue weighted by Gasteiger charge is 2.28. The van der Waals surface area contributed by atoms with Gasteiger partial charge in [-0.1, -0.05) is 294 Å². The van der Waals surface area contributed by atoms with Gasteiger partial charge in [-0.3, -0.25) is 13.8 Å². The van der Waals surface area contributed by atoms with Crippen LogP contribution in [0.4, 0.5) is 0 Å². The van der Waals surface area contributed by atoms with Crippen molar-refractivity contribution in [2.45, 2.75) is 315 Å². The van der Waals surface area contributed by atoms with E-state index in [2.05, 4.69) is 67.8 Å². The van der Waals surface area contributed by atoms with Crippen molar-refractivity contribution >= 4 is 13.7 Å². The minimum atomic E-state index is -4.32. The van der Waals surface area contributed by atoms with Crippen molar-refractivity contribution in [2.75, 3.05) is 40.9 Å². The summed E-state index contributed by atoms with van der Waals surface area (Å²) < 4.78 is 23.8. The van der Waals surface area contributed by atoms with Crippen molar-refractivity contribution in [1.29, 1.82) is 0 Å². The molecule has 0 bridgehead atoms. The Morgan fingerprint density at radius 2 is 0.822 bits per heavy atom. The summed E-state index contributed by atoms with van der Waals surface area (Å²) in [5, 5.41) is 14.1. The first-order valence-corrected chi connectivity index (χ1v) is 33.0. The molecule has 0 heterocycles. The van der Waals surface area contributed by atoms with Gasteiger partial charge in [-0.05, 0) is 51.4 Å². The number of carbonyl (C=O) groups excluding carboxylic acids is 1. The van der Waals surface area contributed by atoms with Gasteiger partial charge in [0.15, 0.2) is 0 Å². The Morgan fingerprint density at radius 1 is 0.479 bits per heavy atom. The highest BCUT2D eigenvalue weighted by atomic mass is 31.2. The van der Waals surface area contributed by atoms with Crippen LogP contribution in [0, 0.1) is 0 Å². The molecule has 0 saturated heterocycles. The third kappa shape index (κ3) is 58.0. The maximum absolute atomic E-state index is 13.0. The number of phosphoric ester groups is 1. The third-order valence-electron chi connectivity index (χ3n) is 14.3. The highest BCUT2D eigenvalue weighted by molar-refractivity contribution is 7.47. The second kappa shape index (κ2) is 55.2. The number of likely N-dealkylation sites (N-methyl/N-ethyl adjacent to an activating group) is 1. The first-order chi connectivity index (χ1) is 35.5. The summed E-state index contributed by atoms with van der Waals surface area (Å²) in [6, 6.07) is -0.759. The van der Waals surface area contributed by atoms with Crippen LogP contribution in [0.25, 0.3) is 0 Å². The van der Waals surface area contributed by atoms with Gasteiger partial charge in [0, 0.05) is 6.42 Å². The molecule has 0 aliphatic heterocycles. The van der Waals surface area contributed by atoms with Gasteiger partial charge >= 0.3 is 7.82 Å². The van der Waals surface area contributed by atoms with Crippen molar-refractivity contribution in [3.63, 3.8) is 0 Å². The quantitative estimate of drug-likeness (QED) is 0.0243. The van der Waals surface area contributed by atoms with Gasteiger partial charge in [0.1, 0.15) is 13.2 Å². The molecule has 0 aliphatic rings. The van der Waals surface area contributed by atoms with Crippen molar-refractivity contribution in [2.24, 2.45) is 0 Å². The van der Waals surface area contributed by atoms with Crippen LogP contribution in [-0.4, -0.2) is 73.4 Å². The molecule has 3 unspecified atom stereocenters. The molecule has 0 fully saturated rings. The molecule has 0 aromatic rings. The summed E-state index contributed by atoms with van der Waals surface area (Å²) in [6.07, 6.45) is 73.3. The van der Waals surface area contributed by atoms with Gasteiger partial charge < -0.3 is 19.8 Å². The summed E-state index contributed by atoms with van der Waals surface area (Å²) >= 11 is 0. The highest BCUT2D eigenvalue weighted by Crippen LogP contribution is 2.43. The molecule has 1 amide bonds. The predicted molar refractivity (Wildman–Crippen MR) is 318 cm³/mol. The number of hydrogen-bond donors (Lipinski definition) is 3. The van der Waals surface area contributed by atoms with E-state index in [1.54, 1.807) is 0 Å². The fourth-order valence-electron chi connectivity index (χ4n) is 9.45. The fraction of sp³-hybridized carbons (Fsp3) is 0.859. The van der Waals surface area contributed by atoms with Crippen molar-refractivity contribution in [1.82, 2.24) is 5.32 Å². The zero-order chi connectivity index (χ0) is 53.5. The molecule has 0 rings (SSSR count). The number of carbonyl (C=O) groups is 1. The number of rotatable bonds is 58. The second-order valence-corrected chi connectivity index (χ2v) is 24.2. The first kappa shape index (κ1) is 71.5. The number of aliphatic hydroxyl groups excluding tert-OH is 1. The Kier molecular flexibility index (Phi) is 54.1. The predicted octanol–water partition coefficient (Wildman–Crippen LogP) is 19.5. The lowest BCUT2D eigenvalue weighted by Crippen LogP contribution is -2.46. The van der Waals surface area contributed by atoms with E-state index in [0.717, 1.165) is 64.2 Å². The van der Waals surface area contributed by atoms with Gasteiger partial charge in [-0.15, -0.1) is 0 Å². The molecule has 9 heteroatoms. The van der Waals surface area contributed by atoms with E-state index < -0.39 is 20.0 Å². The van der Waals surface area contributed by atoms with Gasteiger partial charge in [0.05, 0.1) is 39.9 Å². The van der Waals surface area contributed by atoms with Gasteiger partial charge in [0.25, 0.3) is 0 Å². The number of quaternary nitrogens is 1. The Bertz CT molecular complexity index is 1330. The normalized spacial score (nSPS) is 14.1. The summed E-state index contributed by atoms with van der Waals surface area (Å²) in [5.74, 6) is -0.139. The number of allylic oxidation sites excluding steroid dienone is 8. The molecule has 0 aliphatic carbocycles. The van der Waals surface area contributed by atoms with E-state index in [1.807, 2.05) is 21.1 Å². The number of phosphoric acid groups is 1. The van der Waals surface area contributed by atoms with Crippen LogP contribution in [0.2, 0.25) is 0 Å². The maximum Gasteiger partial charge on any atom is 0.472 e. The van der Waals surface area contributed by atoms with E-state index >= 15 is 0 Å². The molecule has 3 N–H and O–H groups in total. The second-order valence-electron chi connectivity index (χ2n) is 22.8. The number of aliphatic hydroxyl groups is 1. The van der Waals surface area contributed by atoms with Crippen LogP contribution >= 0.6 is 7.82 Å². The zero-order valence-corrected chi connectivity index (χ0v) is 50.0. The standard InChI is InChI=1S/C64H123N2O6P/c1-6-8-10-12-14-16-18-20-22-24-25-26-27-28-29-30-31-32-33-34-35-36-37-38-39-40-41-42-44-46-48-50-52-54-56-58-64(68)65-62(61-72-73(69,70)71-60-59-66(3,4)5)63(67)57-55-53-51-49-47-45-43-23-21-19-17-15-13-11-9-7-2/h8,10,14,16,20,22,25-26,62-63,67H,6-7,9,11-13,15,17-19,21,23-24,27-61H2,1-5H3,(H-,65,68,69,70)/p+1/b10-8-,16-14-,22-20-,26-25-. The topological polar surface area (TPSA) is 105 Å². The van der Waals surface area contributed by atoms with Crippen molar-refractivity contribution < 1.29 is 32.9 Å². The molecule has 0 radical (unpaired) electrons. The number of nitrogens with one attached hydrogen (secondary N) is 1. The maximum atomic E-state index is 13.0. The summed E-state index contributed by atoms with van der Waals surface area (Å²) in [5.41, 5.74) is 0. The molecular weight excluding hydrogens is 924 g/mol. The van der Waals surface area contributed by atoms with Crippen LogP contribution in [0.1, 0.15) is 303 Å². The van der Waals surface area contributed by atoms with Crippen LogP contribution in [0.3, 0.4) is 0 Å². The number of unbranched alkanes of at least 4 members (excludes halogenated alkanes) is 37. The minimum absolute atomic E-state index is 0.0763. The summed E-state index contributed by atoms with van der Waals surface area (Å²) in [4.78, 5) is 23.4. The van der Waals surface area contributed by atoms with E-state index in [4.69, 9.17) is 9.05 Å². The Balaban J connectivity index is 3.96. The van der Waals surface area contributed by atoms with Crippen LogP contribution in [-0.2, 0) is 18.4 Å². The molecule has 0 saturated carbocycles. The van der Waals surface area contributed by atoms with Gasteiger partial charge in [0.2, 0.25) is 5.91 Å². The lowest BCUT2D eigenvalue weighted by atomic mass is 10.0. The molecule has 0 aromatic heterocycles. The van der Waals surface area contributed by atoms with E-state index in [0.29, 0.717) is 23.9 Å². The largest absolute Gasteiger partial charge is 0.472 e. The minimum Gasteiger partial charge on any atom is -0.391 e. The van der Waals surface area contributed by atoms with Crippen LogP contribution in [0.5, 0.6) is 0 Å². The smallest absolute Gasteiger partial charge is 0.391 e. The number of nitrogens with zero attached hydrogens (tertiary/aromatic N) is 1. The van der Waals surface area contributed by atoms with Crippen molar-refractivity contribution in [3.05, 3.63) is 48.6 Å². The molecule has 430 valence electrons. The third-order valence-corrected chi connectivity index (χ3v) is 15.3. The molecule has 73 heavy (non-hydrogen) atoms. The molecule has 3 atom stereocenters. The molecular formula is C64H124N2O6P+. The average Bonchev–Trinajstić information content (AvgIpc) is 3.35. The number of amides is 1. The zero-order valence-electron chi connectivity index (χ0n) is 49.1. The van der Waals surface area contributed by atoms with Gasteiger partial charge in [-0.25, -0.2) is 4.57 Å². The average molecular weight is 1050 g/mol. The van der Waals surface area contributed by atoms with E-state index in [-0.39, 0.29) is 19.1 Å². The summed E-state index contributed by atoms with van der Waals surface area (Å²) in [6.45, 7) is 4.81.